The zero-order valence-corrected chi connectivity index (χ0v) is 11.4. The van der Waals surface area contributed by atoms with Gasteiger partial charge in [0.1, 0.15) is 5.03 Å². The highest BCUT2D eigenvalue weighted by molar-refractivity contribution is 7.99. The van der Waals surface area contributed by atoms with Crippen LogP contribution in [0.2, 0.25) is 0 Å². The SMILES string of the molecule is CCNc1nc(C)cc(SCC(C)CC)n1. The van der Waals surface area contributed by atoms with Gasteiger partial charge in [-0.15, -0.1) is 11.8 Å². The number of thioether (sulfide) groups is 1. The molecular weight excluding hydrogens is 218 g/mol. The Morgan fingerprint density at radius 1 is 1.38 bits per heavy atom. The summed E-state index contributed by atoms with van der Waals surface area (Å²) in [4.78, 5) is 8.81. The van der Waals surface area contributed by atoms with Gasteiger partial charge >= 0.3 is 0 Å². The lowest BCUT2D eigenvalue weighted by Crippen LogP contribution is -2.04. The van der Waals surface area contributed by atoms with Gasteiger partial charge in [0.15, 0.2) is 0 Å². The van der Waals surface area contributed by atoms with Crippen molar-refractivity contribution < 1.29 is 0 Å². The molecule has 0 amide bonds. The lowest BCUT2D eigenvalue weighted by Gasteiger charge is -2.09. The number of hydrogen-bond acceptors (Lipinski definition) is 4. The van der Waals surface area contributed by atoms with Crippen LogP contribution in [-0.2, 0) is 0 Å². The summed E-state index contributed by atoms with van der Waals surface area (Å²) in [6, 6.07) is 2.05. The van der Waals surface area contributed by atoms with Gasteiger partial charge in [0.25, 0.3) is 0 Å². The molecule has 1 aromatic heterocycles. The molecule has 3 nitrogen and oxygen atoms in total. The van der Waals surface area contributed by atoms with Crippen LogP contribution < -0.4 is 5.32 Å². The molecule has 0 aromatic carbocycles. The second-order valence-electron chi connectivity index (χ2n) is 4.03. The van der Waals surface area contributed by atoms with Gasteiger partial charge in [-0.1, -0.05) is 20.3 Å². The van der Waals surface area contributed by atoms with Crippen LogP contribution in [-0.4, -0.2) is 22.3 Å². The minimum Gasteiger partial charge on any atom is -0.354 e. The molecule has 0 fully saturated rings. The number of aromatic nitrogens is 2. The van der Waals surface area contributed by atoms with Crippen LogP contribution >= 0.6 is 11.8 Å². The first kappa shape index (κ1) is 13.3. The van der Waals surface area contributed by atoms with E-state index in [0.29, 0.717) is 0 Å². The van der Waals surface area contributed by atoms with Crippen LogP contribution in [0.1, 0.15) is 32.9 Å². The Labute approximate surface area is 102 Å². The molecule has 0 radical (unpaired) electrons. The Kier molecular flexibility index (Phi) is 5.60. The van der Waals surface area contributed by atoms with Crippen molar-refractivity contribution in [1.82, 2.24) is 9.97 Å². The summed E-state index contributed by atoms with van der Waals surface area (Å²) in [7, 11) is 0. The van der Waals surface area contributed by atoms with E-state index in [1.54, 1.807) is 0 Å². The lowest BCUT2D eigenvalue weighted by molar-refractivity contribution is 0.636. The minimum absolute atomic E-state index is 0.739. The van der Waals surface area contributed by atoms with Crippen LogP contribution in [0.4, 0.5) is 5.95 Å². The maximum absolute atomic E-state index is 4.47. The topological polar surface area (TPSA) is 37.8 Å². The molecule has 0 aliphatic rings. The zero-order valence-electron chi connectivity index (χ0n) is 10.6. The van der Waals surface area contributed by atoms with Gasteiger partial charge in [-0.2, -0.15) is 0 Å². The molecule has 16 heavy (non-hydrogen) atoms. The van der Waals surface area contributed by atoms with E-state index in [-0.39, 0.29) is 0 Å². The molecule has 1 heterocycles. The van der Waals surface area contributed by atoms with E-state index in [1.807, 2.05) is 24.8 Å². The fraction of sp³-hybridized carbons (Fsp3) is 0.667. The third-order valence-corrected chi connectivity index (χ3v) is 3.62. The Morgan fingerprint density at radius 2 is 2.12 bits per heavy atom. The summed E-state index contributed by atoms with van der Waals surface area (Å²) >= 11 is 1.82. The van der Waals surface area contributed by atoms with Gasteiger partial charge in [-0.25, -0.2) is 9.97 Å². The molecule has 1 rings (SSSR count). The quantitative estimate of drug-likeness (QED) is 0.610. The summed E-state index contributed by atoms with van der Waals surface area (Å²) in [5.41, 5.74) is 1.03. The fourth-order valence-electron chi connectivity index (χ4n) is 1.20. The monoisotopic (exact) mass is 239 g/mol. The predicted molar refractivity (Wildman–Crippen MR) is 71.1 cm³/mol. The molecule has 0 aliphatic heterocycles. The Bertz CT molecular complexity index is 328. The van der Waals surface area contributed by atoms with Crippen LogP contribution in [0.5, 0.6) is 0 Å². The Balaban J connectivity index is 2.64. The van der Waals surface area contributed by atoms with Crippen molar-refractivity contribution in [3.63, 3.8) is 0 Å². The second kappa shape index (κ2) is 6.74. The molecular formula is C12H21N3S. The van der Waals surface area contributed by atoms with Crippen LogP contribution in [0.3, 0.4) is 0 Å². The van der Waals surface area contributed by atoms with Gasteiger partial charge in [-0.05, 0) is 25.8 Å². The van der Waals surface area contributed by atoms with Crippen molar-refractivity contribution >= 4 is 17.7 Å². The third kappa shape index (κ3) is 4.39. The van der Waals surface area contributed by atoms with Gasteiger partial charge in [0.2, 0.25) is 5.95 Å². The molecule has 1 unspecified atom stereocenters. The first-order valence-electron chi connectivity index (χ1n) is 5.88. The third-order valence-electron chi connectivity index (χ3n) is 2.38. The Hall–Kier alpha value is -0.770. The standard InChI is InChI=1S/C12H21N3S/c1-5-9(3)8-16-11-7-10(4)14-12(15-11)13-6-2/h7,9H,5-6,8H2,1-4H3,(H,13,14,15). The predicted octanol–water partition coefficient (Wildman–Crippen LogP) is 3.36. The highest BCUT2D eigenvalue weighted by atomic mass is 32.2. The summed E-state index contributed by atoms with van der Waals surface area (Å²) < 4.78 is 0. The molecule has 0 saturated heterocycles. The minimum atomic E-state index is 0.739. The number of aryl methyl sites for hydroxylation is 1. The lowest BCUT2D eigenvalue weighted by atomic mass is 10.2. The van der Waals surface area contributed by atoms with E-state index < -0.39 is 0 Å². The van der Waals surface area contributed by atoms with E-state index in [2.05, 4.69) is 36.1 Å². The maximum atomic E-state index is 4.47. The van der Waals surface area contributed by atoms with E-state index in [9.17, 15) is 0 Å². The number of rotatable bonds is 6. The summed E-state index contributed by atoms with van der Waals surface area (Å²) in [5.74, 6) is 2.61. The highest BCUT2D eigenvalue weighted by Gasteiger charge is 2.04. The molecule has 0 bridgehead atoms. The Morgan fingerprint density at radius 3 is 2.75 bits per heavy atom. The molecule has 1 N–H and O–H groups in total. The highest BCUT2D eigenvalue weighted by Crippen LogP contribution is 2.21. The van der Waals surface area contributed by atoms with Crippen molar-refractivity contribution in [3.8, 4) is 0 Å². The van der Waals surface area contributed by atoms with Crippen LogP contribution in [0.25, 0.3) is 0 Å². The zero-order chi connectivity index (χ0) is 12.0. The molecule has 1 aromatic rings. The smallest absolute Gasteiger partial charge is 0.223 e. The number of nitrogens with one attached hydrogen (secondary N) is 1. The molecule has 0 saturated carbocycles. The van der Waals surface area contributed by atoms with Crippen molar-refractivity contribution in [3.05, 3.63) is 11.8 Å². The largest absolute Gasteiger partial charge is 0.354 e. The molecule has 90 valence electrons. The van der Waals surface area contributed by atoms with Crippen molar-refractivity contribution in [2.75, 3.05) is 17.6 Å². The molecule has 1 atom stereocenters. The van der Waals surface area contributed by atoms with Gasteiger partial charge in [0, 0.05) is 18.0 Å². The van der Waals surface area contributed by atoms with E-state index in [4.69, 9.17) is 0 Å². The van der Waals surface area contributed by atoms with E-state index >= 15 is 0 Å². The summed E-state index contributed by atoms with van der Waals surface area (Å²) in [6.07, 6.45) is 1.22. The van der Waals surface area contributed by atoms with Gasteiger partial charge < -0.3 is 5.32 Å². The summed E-state index contributed by atoms with van der Waals surface area (Å²) in [5, 5.41) is 4.23. The second-order valence-corrected chi connectivity index (χ2v) is 5.07. The van der Waals surface area contributed by atoms with Crippen molar-refractivity contribution in [1.29, 1.82) is 0 Å². The maximum Gasteiger partial charge on any atom is 0.223 e. The van der Waals surface area contributed by atoms with Crippen molar-refractivity contribution in [2.24, 2.45) is 5.92 Å². The van der Waals surface area contributed by atoms with E-state index in [0.717, 1.165) is 34.9 Å². The molecule has 0 spiro atoms. The number of nitrogens with zero attached hydrogens (tertiary/aromatic N) is 2. The number of hydrogen-bond donors (Lipinski definition) is 1. The fourth-order valence-corrected chi connectivity index (χ4v) is 2.29. The first-order chi connectivity index (χ1) is 7.65. The average molecular weight is 239 g/mol. The molecule has 4 heteroatoms. The first-order valence-corrected chi connectivity index (χ1v) is 6.86. The van der Waals surface area contributed by atoms with Gasteiger partial charge in [0.05, 0.1) is 0 Å². The summed E-state index contributed by atoms with van der Waals surface area (Å²) in [6.45, 7) is 9.42. The normalized spacial score (nSPS) is 12.5. The average Bonchev–Trinajstić information content (AvgIpc) is 2.25. The van der Waals surface area contributed by atoms with E-state index in [1.165, 1.54) is 6.42 Å². The van der Waals surface area contributed by atoms with Crippen LogP contribution in [0.15, 0.2) is 11.1 Å². The molecule has 0 aliphatic carbocycles. The number of anilines is 1. The van der Waals surface area contributed by atoms with Crippen LogP contribution in [0, 0.1) is 12.8 Å². The van der Waals surface area contributed by atoms with Crippen molar-refractivity contribution in [2.45, 2.75) is 39.1 Å². The van der Waals surface area contributed by atoms with Gasteiger partial charge in [-0.3, -0.25) is 0 Å².